The third-order valence-electron chi connectivity index (χ3n) is 4.63. The molecule has 0 saturated carbocycles. The van der Waals surface area contributed by atoms with Crippen molar-refractivity contribution in [2.24, 2.45) is 0 Å². The first kappa shape index (κ1) is 18.4. The zero-order chi connectivity index (χ0) is 20.2. The van der Waals surface area contributed by atoms with Crippen molar-refractivity contribution in [2.45, 2.75) is 6.92 Å². The monoisotopic (exact) mass is 381 g/mol. The average molecular weight is 381 g/mol. The summed E-state index contributed by atoms with van der Waals surface area (Å²) in [7, 11) is 0. The molecule has 4 nitrogen and oxygen atoms in total. The molecule has 4 aromatic rings. The zero-order valence-corrected chi connectivity index (χ0v) is 15.9. The molecule has 0 bridgehead atoms. The van der Waals surface area contributed by atoms with E-state index in [1.54, 1.807) is 24.3 Å². The number of anilines is 1. The number of hydrogen-bond donors (Lipinski definition) is 1. The van der Waals surface area contributed by atoms with Gasteiger partial charge < -0.3 is 9.73 Å². The van der Waals surface area contributed by atoms with E-state index >= 15 is 0 Å². The highest BCUT2D eigenvalue weighted by atomic mass is 16.3. The Balaban J connectivity index is 1.60. The zero-order valence-electron chi connectivity index (χ0n) is 15.9. The van der Waals surface area contributed by atoms with Crippen molar-refractivity contribution in [2.75, 3.05) is 5.32 Å². The van der Waals surface area contributed by atoms with Crippen molar-refractivity contribution in [3.05, 3.63) is 106 Å². The molecule has 0 radical (unpaired) electrons. The van der Waals surface area contributed by atoms with E-state index in [9.17, 15) is 9.59 Å². The van der Waals surface area contributed by atoms with Gasteiger partial charge in [0.15, 0.2) is 5.43 Å². The predicted molar refractivity (Wildman–Crippen MR) is 117 cm³/mol. The summed E-state index contributed by atoms with van der Waals surface area (Å²) in [6.45, 7) is 1.97. The first-order valence-corrected chi connectivity index (χ1v) is 9.28. The Bertz CT molecular complexity index is 1270. The van der Waals surface area contributed by atoms with E-state index in [1.165, 1.54) is 12.1 Å². The van der Waals surface area contributed by atoms with E-state index in [0.717, 1.165) is 16.7 Å². The number of hydrogen-bond acceptors (Lipinski definition) is 3. The second-order valence-corrected chi connectivity index (χ2v) is 6.73. The van der Waals surface area contributed by atoms with Crippen LogP contribution in [0.25, 0.3) is 28.4 Å². The molecule has 142 valence electrons. The molecular weight excluding hydrogens is 362 g/mol. The molecule has 1 N–H and O–H groups in total. The Labute approximate surface area is 168 Å². The summed E-state index contributed by atoms with van der Waals surface area (Å²) < 4.78 is 5.95. The maximum atomic E-state index is 12.6. The first-order valence-electron chi connectivity index (χ1n) is 9.28. The highest BCUT2D eigenvalue weighted by Crippen LogP contribution is 2.26. The van der Waals surface area contributed by atoms with E-state index in [0.29, 0.717) is 22.4 Å². The van der Waals surface area contributed by atoms with Gasteiger partial charge in [0.05, 0.1) is 5.39 Å². The quantitative estimate of drug-likeness (QED) is 0.480. The third kappa shape index (κ3) is 4.17. The molecule has 0 unspecified atom stereocenters. The second-order valence-electron chi connectivity index (χ2n) is 6.73. The number of carbonyl (C=O) groups is 1. The number of rotatable bonds is 4. The van der Waals surface area contributed by atoms with Crippen molar-refractivity contribution in [1.82, 2.24) is 0 Å². The normalized spacial score (nSPS) is 11.1. The molecule has 4 rings (SSSR count). The van der Waals surface area contributed by atoms with Crippen LogP contribution in [0.15, 0.2) is 94.2 Å². The number of aryl methyl sites for hydroxylation is 1. The van der Waals surface area contributed by atoms with Crippen LogP contribution in [0.1, 0.15) is 11.1 Å². The maximum absolute atomic E-state index is 12.6. The van der Waals surface area contributed by atoms with Crippen molar-refractivity contribution in [1.29, 1.82) is 0 Å². The third-order valence-corrected chi connectivity index (χ3v) is 4.63. The van der Waals surface area contributed by atoms with Crippen LogP contribution in [0.3, 0.4) is 0 Å². The Kier molecular flexibility index (Phi) is 5.08. The lowest BCUT2D eigenvalue weighted by atomic mass is 10.1. The number of nitrogens with one attached hydrogen (secondary N) is 1. The summed E-state index contributed by atoms with van der Waals surface area (Å²) in [4.78, 5) is 24.8. The van der Waals surface area contributed by atoms with E-state index < -0.39 is 0 Å². The number of amides is 1. The maximum Gasteiger partial charge on any atom is 0.248 e. The van der Waals surface area contributed by atoms with Crippen molar-refractivity contribution in [3.63, 3.8) is 0 Å². The minimum Gasteiger partial charge on any atom is -0.456 e. The SMILES string of the molecule is Cc1ccccc1-c1cc(=O)c2cc(NC(=O)/C=C/c3ccccc3)ccc2o1. The largest absolute Gasteiger partial charge is 0.456 e. The predicted octanol–water partition coefficient (Wildman–Crippen LogP) is 5.42. The van der Waals surface area contributed by atoms with E-state index in [-0.39, 0.29) is 11.3 Å². The topological polar surface area (TPSA) is 59.3 Å². The van der Waals surface area contributed by atoms with Gasteiger partial charge in [0.25, 0.3) is 0 Å². The Morgan fingerprint density at radius 2 is 1.69 bits per heavy atom. The molecule has 0 saturated heterocycles. The highest BCUT2D eigenvalue weighted by Gasteiger charge is 2.10. The van der Waals surface area contributed by atoms with Crippen LogP contribution < -0.4 is 10.7 Å². The second kappa shape index (κ2) is 7.98. The van der Waals surface area contributed by atoms with Gasteiger partial charge in [-0.05, 0) is 42.3 Å². The Hall–Kier alpha value is -3.92. The fourth-order valence-electron chi connectivity index (χ4n) is 3.14. The van der Waals surface area contributed by atoms with Gasteiger partial charge in [0.2, 0.25) is 5.91 Å². The molecule has 3 aromatic carbocycles. The molecule has 0 atom stereocenters. The van der Waals surface area contributed by atoms with Crippen LogP contribution in [0.5, 0.6) is 0 Å². The highest BCUT2D eigenvalue weighted by molar-refractivity contribution is 6.02. The summed E-state index contributed by atoms with van der Waals surface area (Å²) in [5.41, 5.74) is 3.72. The smallest absolute Gasteiger partial charge is 0.248 e. The fraction of sp³-hybridized carbons (Fsp3) is 0.0400. The number of carbonyl (C=O) groups excluding carboxylic acids is 1. The van der Waals surface area contributed by atoms with Gasteiger partial charge in [-0.2, -0.15) is 0 Å². The van der Waals surface area contributed by atoms with Gasteiger partial charge in [-0.15, -0.1) is 0 Å². The first-order chi connectivity index (χ1) is 14.1. The lowest BCUT2D eigenvalue weighted by molar-refractivity contribution is -0.111. The summed E-state index contributed by atoms with van der Waals surface area (Å²) in [6, 6.07) is 23.9. The molecule has 0 aliphatic carbocycles. The molecule has 0 aliphatic heterocycles. The van der Waals surface area contributed by atoms with E-state index in [4.69, 9.17) is 4.42 Å². The Morgan fingerprint density at radius 3 is 2.48 bits per heavy atom. The van der Waals surface area contributed by atoms with Crippen LogP contribution in [-0.4, -0.2) is 5.91 Å². The lowest BCUT2D eigenvalue weighted by Crippen LogP contribution is -2.08. The Morgan fingerprint density at radius 1 is 0.931 bits per heavy atom. The molecule has 0 aliphatic rings. The molecule has 29 heavy (non-hydrogen) atoms. The molecule has 0 spiro atoms. The van der Waals surface area contributed by atoms with Gasteiger partial charge in [-0.3, -0.25) is 9.59 Å². The number of fused-ring (bicyclic) bond motifs is 1. The van der Waals surface area contributed by atoms with Crippen LogP contribution >= 0.6 is 0 Å². The fourth-order valence-corrected chi connectivity index (χ4v) is 3.14. The molecule has 4 heteroatoms. The summed E-state index contributed by atoms with van der Waals surface area (Å²) >= 11 is 0. The summed E-state index contributed by atoms with van der Waals surface area (Å²) in [6.07, 6.45) is 3.20. The van der Waals surface area contributed by atoms with Gasteiger partial charge in [0, 0.05) is 23.4 Å². The minimum absolute atomic E-state index is 0.152. The summed E-state index contributed by atoms with van der Waals surface area (Å²) in [5, 5.41) is 3.20. The molecule has 1 aromatic heterocycles. The molecule has 0 fully saturated rings. The number of benzene rings is 3. The van der Waals surface area contributed by atoms with Crippen LogP contribution in [0, 0.1) is 6.92 Å². The standard InChI is InChI=1S/C25H19NO3/c1-17-7-5-6-10-20(17)24-16-22(27)21-15-19(12-13-23(21)29-24)26-25(28)14-11-18-8-3-2-4-9-18/h2-16H,1H3,(H,26,28)/b14-11+. The van der Waals surface area contributed by atoms with Crippen molar-refractivity contribution in [3.8, 4) is 11.3 Å². The van der Waals surface area contributed by atoms with Crippen LogP contribution in [0.2, 0.25) is 0 Å². The van der Waals surface area contributed by atoms with Gasteiger partial charge in [-0.1, -0.05) is 54.6 Å². The van der Waals surface area contributed by atoms with Crippen LogP contribution in [-0.2, 0) is 4.79 Å². The van der Waals surface area contributed by atoms with Crippen LogP contribution in [0.4, 0.5) is 5.69 Å². The van der Waals surface area contributed by atoms with E-state index in [1.807, 2.05) is 61.5 Å². The van der Waals surface area contributed by atoms with E-state index in [2.05, 4.69) is 5.32 Å². The van der Waals surface area contributed by atoms with Crippen molar-refractivity contribution < 1.29 is 9.21 Å². The van der Waals surface area contributed by atoms with Gasteiger partial charge >= 0.3 is 0 Å². The van der Waals surface area contributed by atoms with Gasteiger partial charge in [0.1, 0.15) is 11.3 Å². The minimum atomic E-state index is -0.269. The van der Waals surface area contributed by atoms with Gasteiger partial charge in [-0.25, -0.2) is 0 Å². The molecular formula is C25H19NO3. The molecule has 1 heterocycles. The summed E-state index contributed by atoms with van der Waals surface area (Å²) in [5.74, 6) is 0.261. The molecule has 1 amide bonds. The lowest BCUT2D eigenvalue weighted by Gasteiger charge is -2.07. The average Bonchev–Trinajstić information content (AvgIpc) is 2.74. The van der Waals surface area contributed by atoms with Crippen molar-refractivity contribution >= 4 is 28.6 Å².